The molecule has 92 valence electrons. The molecule has 1 fully saturated rings. The zero-order valence-corrected chi connectivity index (χ0v) is 9.81. The lowest BCUT2D eigenvalue weighted by Crippen LogP contribution is -2.44. The van der Waals surface area contributed by atoms with Gasteiger partial charge in [0.25, 0.3) is 5.91 Å². The van der Waals surface area contributed by atoms with Gasteiger partial charge in [-0.3, -0.25) is 9.59 Å². The first kappa shape index (κ1) is 11.7. The van der Waals surface area contributed by atoms with E-state index in [0.717, 1.165) is 18.4 Å². The van der Waals surface area contributed by atoms with E-state index in [0.29, 0.717) is 18.8 Å². The third-order valence-electron chi connectivity index (χ3n) is 3.17. The van der Waals surface area contributed by atoms with Crippen LogP contribution in [0.1, 0.15) is 29.0 Å². The second-order valence-electron chi connectivity index (χ2n) is 4.43. The molecule has 5 nitrogen and oxygen atoms in total. The molecule has 2 N–H and O–H groups in total. The third kappa shape index (κ3) is 2.33. The molecule has 5 heteroatoms. The zero-order chi connectivity index (χ0) is 12.4. The second kappa shape index (κ2) is 4.61. The molecule has 0 aromatic carbocycles. The lowest BCUT2D eigenvalue weighted by atomic mass is 9.97. The van der Waals surface area contributed by atoms with Gasteiger partial charge in [0.1, 0.15) is 0 Å². The number of amides is 2. The van der Waals surface area contributed by atoms with Gasteiger partial charge in [-0.2, -0.15) is 0 Å². The fourth-order valence-electron chi connectivity index (χ4n) is 2.13. The number of furan rings is 1. The topological polar surface area (TPSA) is 76.5 Å². The SMILES string of the molecule is Cc1ccoc1C(=O)N1CCCC(C(N)=O)C1. The highest BCUT2D eigenvalue weighted by Crippen LogP contribution is 2.20. The molecule has 1 aromatic rings. The molecule has 0 bridgehead atoms. The molecule has 1 aliphatic heterocycles. The number of carbonyl (C=O) groups is 2. The summed E-state index contributed by atoms with van der Waals surface area (Å²) in [5.41, 5.74) is 6.09. The number of likely N-dealkylation sites (tertiary alicyclic amines) is 1. The summed E-state index contributed by atoms with van der Waals surface area (Å²) in [6, 6.07) is 1.75. The highest BCUT2D eigenvalue weighted by Gasteiger charge is 2.29. The summed E-state index contributed by atoms with van der Waals surface area (Å²) in [4.78, 5) is 24.9. The van der Waals surface area contributed by atoms with Gasteiger partial charge in [-0.15, -0.1) is 0 Å². The molecular weight excluding hydrogens is 220 g/mol. The summed E-state index contributed by atoms with van der Waals surface area (Å²) in [6.45, 7) is 2.88. The molecule has 1 aromatic heterocycles. The van der Waals surface area contributed by atoms with Crippen LogP contribution in [0.2, 0.25) is 0 Å². The quantitative estimate of drug-likeness (QED) is 0.829. The van der Waals surface area contributed by atoms with E-state index in [1.165, 1.54) is 6.26 Å². The second-order valence-corrected chi connectivity index (χ2v) is 4.43. The van der Waals surface area contributed by atoms with Crippen LogP contribution in [-0.4, -0.2) is 29.8 Å². The van der Waals surface area contributed by atoms with E-state index in [-0.39, 0.29) is 17.7 Å². The summed E-state index contributed by atoms with van der Waals surface area (Å²) < 4.78 is 5.17. The summed E-state index contributed by atoms with van der Waals surface area (Å²) in [6.07, 6.45) is 3.06. The van der Waals surface area contributed by atoms with Crippen LogP contribution in [0.3, 0.4) is 0 Å². The van der Waals surface area contributed by atoms with Crippen LogP contribution in [-0.2, 0) is 4.79 Å². The van der Waals surface area contributed by atoms with E-state index >= 15 is 0 Å². The molecule has 1 saturated heterocycles. The Hall–Kier alpha value is -1.78. The van der Waals surface area contributed by atoms with Gasteiger partial charge in [0.05, 0.1) is 12.2 Å². The number of hydrogen-bond acceptors (Lipinski definition) is 3. The molecule has 0 aliphatic carbocycles. The Morgan fingerprint density at radius 3 is 2.88 bits per heavy atom. The summed E-state index contributed by atoms with van der Waals surface area (Å²) in [7, 11) is 0. The normalized spacial score (nSPS) is 20.3. The van der Waals surface area contributed by atoms with Crippen molar-refractivity contribution in [2.75, 3.05) is 13.1 Å². The van der Waals surface area contributed by atoms with E-state index in [4.69, 9.17) is 10.2 Å². The van der Waals surface area contributed by atoms with Gasteiger partial charge < -0.3 is 15.1 Å². The first-order chi connectivity index (χ1) is 8.09. The molecule has 2 amide bonds. The fraction of sp³-hybridized carbons (Fsp3) is 0.500. The highest BCUT2D eigenvalue weighted by atomic mass is 16.3. The number of nitrogens with zero attached hydrogens (tertiary/aromatic N) is 1. The Morgan fingerprint density at radius 2 is 2.29 bits per heavy atom. The molecule has 1 unspecified atom stereocenters. The minimum Gasteiger partial charge on any atom is -0.459 e. The molecule has 1 atom stereocenters. The smallest absolute Gasteiger partial charge is 0.289 e. The van der Waals surface area contributed by atoms with Gasteiger partial charge in [0, 0.05) is 18.7 Å². The van der Waals surface area contributed by atoms with Crippen LogP contribution < -0.4 is 5.73 Å². The molecule has 2 heterocycles. The van der Waals surface area contributed by atoms with Crippen molar-refractivity contribution in [3.8, 4) is 0 Å². The van der Waals surface area contributed by atoms with Gasteiger partial charge in [0.2, 0.25) is 5.91 Å². The largest absolute Gasteiger partial charge is 0.459 e. The lowest BCUT2D eigenvalue weighted by molar-refractivity contribution is -0.123. The molecule has 2 rings (SSSR count). The average molecular weight is 236 g/mol. The molecule has 0 spiro atoms. The first-order valence-electron chi connectivity index (χ1n) is 5.72. The van der Waals surface area contributed by atoms with Crippen molar-refractivity contribution in [2.45, 2.75) is 19.8 Å². The van der Waals surface area contributed by atoms with Crippen molar-refractivity contribution in [1.82, 2.24) is 4.90 Å². The van der Waals surface area contributed by atoms with E-state index in [1.54, 1.807) is 11.0 Å². The van der Waals surface area contributed by atoms with Crippen LogP contribution in [0, 0.1) is 12.8 Å². The maximum Gasteiger partial charge on any atom is 0.289 e. The van der Waals surface area contributed by atoms with E-state index in [9.17, 15) is 9.59 Å². The predicted octanol–water partition coefficient (Wildman–Crippen LogP) is 0.926. The van der Waals surface area contributed by atoms with Crippen LogP contribution in [0.4, 0.5) is 0 Å². The number of nitrogens with two attached hydrogens (primary N) is 1. The van der Waals surface area contributed by atoms with Crippen molar-refractivity contribution in [3.05, 3.63) is 23.7 Å². The minimum atomic E-state index is -0.335. The van der Waals surface area contributed by atoms with Crippen molar-refractivity contribution in [1.29, 1.82) is 0 Å². The van der Waals surface area contributed by atoms with Crippen molar-refractivity contribution in [3.63, 3.8) is 0 Å². The van der Waals surface area contributed by atoms with Gasteiger partial charge in [0.15, 0.2) is 5.76 Å². The minimum absolute atomic E-state index is 0.154. The summed E-state index contributed by atoms with van der Waals surface area (Å²) in [5, 5.41) is 0. The molecule has 0 saturated carbocycles. The van der Waals surface area contributed by atoms with Crippen LogP contribution in [0.15, 0.2) is 16.7 Å². The van der Waals surface area contributed by atoms with Gasteiger partial charge in [-0.05, 0) is 25.8 Å². The molecule has 17 heavy (non-hydrogen) atoms. The Morgan fingerprint density at radius 1 is 1.53 bits per heavy atom. The number of piperidine rings is 1. The average Bonchev–Trinajstić information content (AvgIpc) is 2.74. The highest BCUT2D eigenvalue weighted by molar-refractivity contribution is 5.93. The van der Waals surface area contributed by atoms with Crippen molar-refractivity contribution < 1.29 is 14.0 Å². The van der Waals surface area contributed by atoms with Gasteiger partial charge in [-0.25, -0.2) is 0 Å². The molecule has 1 aliphatic rings. The molecule has 0 radical (unpaired) electrons. The van der Waals surface area contributed by atoms with E-state index in [1.807, 2.05) is 6.92 Å². The van der Waals surface area contributed by atoms with E-state index in [2.05, 4.69) is 0 Å². The Bertz CT molecular complexity index is 439. The van der Waals surface area contributed by atoms with Crippen LogP contribution in [0.5, 0.6) is 0 Å². The van der Waals surface area contributed by atoms with Gasteiger partial charge >= 0.3 is 0 Å². The number of hydrogen-bond donors (Lipinski definition) is 1. The standard InChI is InChI=1S/C12H16N2O3/c1-8-4-6-17-10(8)12(16)14-5-2-3-9(7-14)11(13)15/h4,6,9H,2-3,5,7H2,1H3,(H2,13,15). The maximum absolute atomic E-state index is 12.1. The fourth-order valence-corrected chi connectivity index (χ4v) is 2.13. The van der Waals surface area contributed by atoms with E-state index < -0.39 is 0 Å². The zero-order valence-electron chi connectivity index (χ0n) is 9.81. The number of primary amides is 1. The molecular formula is C12H16N2O3. The predicted molar refractivity (Wildman–Crippen MR) is 61.3 cm³/mol. The summed E-state index contributed by atoms with van der Waals surface area (Å²) in [5.74, 6) is -0.366. The van der Waals surface area contributed by atoms with Crippen molar-refractivity contribution in [2.24, 2.45) is 11.7 Å². The Kier molecular flexibility index (Phi) is 3.17. The summed E-state index contributed by atoms with van der Waals surface area (Å²) >= 11 is 0. The first-order valence-corrected chi connectivity index (χ1v) is 5.72. The van der Waals surface area contributed by atoms with Crippen LogP contribution >= 0.6 is 0 Å². The number of aryl methyl sites for hydroxylation is 1. The third-order valence-corrected chi connectivity index (χ3v) is 3.17. The van der Waals surface area contributed by atoms with Crippen molar-refractivity contribution >= 4 is 11.8 Å². The van der Waals surface area contributed by atoms with Crippen LogP contribution in [0.25, 0.3) is 0 Å². The monoisotopic (exact) mass is 236 g/mol. The maximum atomic E-state index is 12.1. The Balaban J connectivity index is 2.10. The lowest BCUT2D eigenvalue weighted by Gasteiger charge is -2.30. The Labute approximate surface area is 99.6 Å². The number of carbonyl (C=O) groups excluding carboxylic acids is 2. The van der Waals surface area contributed by atoms with Gasteiger partial charge in [-0.1, -0.05) is 0 Å². The number of rotatable bonds is 2.